The van der Waals surface area contributed by atoms with Gasteiger partial charge < -0.3 is 14.5 Å². The van der Waals surface area contributed by atoms with Gasteiger partial charge in [-0.05, 0) is 48.5 Å². The van der Waals surface area contributed by atoms with Gasteiger partial charge in [0.05, 0.1) is 23.0 Å². The van der Waals surface area contributed by atoms with Crippen molar-refractivity contribution in [3.63, 3.8) is 0 Å². The number of methoxy groups -OCH3 is 1. The van der Waals surface area contributed by atoms with Crippen LogP contribution in [-0.4, -0.2) is 17.6 Å². The molecule has 0 atom stereocenters. The third-order valence-electron chi connectivity index (χ3n) is 5.77. The highest BCUT2D eigenvalue weighted by molar-refractivity contribution is 9.10. The van der Waals surface area contributed by atoms with Gasteiger partial charge in [-0.3, -0.25) is 14.2 Å². The van der Waals surface area contributed by atoms with E-state index in [1.807, 2.05) is 42.5 Å². The third kappa shape index (κ3) is 5.48. The Morgan fingerprint density at radius 3 is 2.46 bits per heavy atom. The summed E-state index contributed by atoms with van der Waals surface area (Å²) in [6.07, 6.45) is 1.62. The van der Waals surface area contributed by atoms with Gasteiger partial charge in [-0.15, -0.1) is 11.3 Å². The van der Waals surface area contributed by atoms with Gasteiger partial charge in [0.1, 0.15) is 28.0 Å². The lowest BCUT2D eigenvalue weighted by Gasteiger charge is -2.09. The van der Waals surface area contributed by atoms with Crippen LogP contribution in [0.3, 0.4) is 0 Å². The first kappa shape index (κ1) is 26.0. The maximum absolute atomic E-state index is 13.6. The number of halogens is 1. The van der Waals surface area contributed by atoms with Crippen LogP contribution in [0.1, 0.15) is 5.76 Å². The Labute approximate surface area is 235 Å². The second-order valence-electron chi connectivity index (χ2n) is 8.24. The summed E-state index contributed by atoms with van der Waals surface area (Å²) in [7, 11) is 1.49. The van der Waals surface area contributed by atoms with E-state index in [0.717, 1.165) is 21.4 Å². The van der Waals surface area contributed by atoms with Crippen LogP contribution in [0.4, 0.5) is 5.69 Å². The van der Waals surface area contributed by atoms with Gasteiger partial charge in [-0.2, -0.15) is 5.26 Å². The lowest BCUT2D eigenvalue weighted by molar-refractivity contribution is -0.111. The average molecular weight is 598 g/mol. The van der Waals surface area contributed by atoms with Crippen molar-refractivity contribution in [1.82, 2.24) is 4.57 Å². The van der Waals surface area contributed by atoms with Crippen molar-refractivity contribution in [2.24, 2.45) is 0 Å². The maximum Gasteiger partial charge on any atom is 0.273 e. The van der Waals surface area contributed by atoms with Crippen LogP contribution in [-0.2, 0) is 4.79 Å². The van der Waals surface area contributed by atoms with Crippen LogP contribution < -0.4 is 24.8 Å². The number of ether oxygens (including phenoxy) is 1. The van der Waals surface area contributed by atoms with E-state index in [0.29, 0.717) is 33.2 Å². The van der Waals surface area contributed by atoms with E-state index in [1.54, 1.807) is 60.7 Å². The largest absolute Gasteiger partial charge is 0.495 e. The number of para-hydroxylation sites is 3. The molecule has 7 nitrogen and oxygen atoms in total. The van der Waals surface area contributed by atoms with Crippen LogP contribution in [0.5, 0.6) is 5.75 Å². The topological polar surface area (TPSA) is 97.3 Å². The molecular weight excluding hydrogens is 578 g/mol. The van der Waals surface area contributed by atoms with Crippen LogP contribution in [0.15, 0.2) is 105 Å². The van der Waals surface area contributed by atoms with E-state index in [1.165, 1.54) is 11.7 Å². The van der Waals surface area contributed by atoms with E-state index >= 15 is 0 Å². The minimum Gasteiger partial charge on any atom is -0.495 e. The maximum atomic E-state index is 13.6. The molecule has 0 radical (unpaired) electrons. The monoisotopic (exact) mass is 597 g/mol. The van der Waals surface area contributed by atoms with Crippen molar-refractivity contribution in [3.05, 3.63) is 121 Å². The van der Waals surface area contributed by atoms with E-state index in [9.17, 15) is 14.9 Å². The number of hydrogen-bond acceptors (Lipinski definition) is 6. The zero-order valence-corrected chi connectivity index (χ0v) is 23.0. The molecule has 0 unspecified atom stereocenters. The van der Waals surface area contributed by atoms with Crippen molar-refractivity contribution in [2.45, 2.75) is 0 Å². The summed E-state index contributed by atoms with van der Waals surface area (Å²) < 4.78 is 14.1. The highest BCUT2D eigenvalue weighted by Gasteiger charge is 2.18. The van der Waals surface area contributed by atoms with Gasteiger partial charge in [-0.1, -0.05) is 58.4 Å². The number of nitrogens with zero attached hydrogens (tertiary/aromatic N) is 2. The average Bonchev–Trinajstić information content (AvgIpc) is 3.55. The molecule has 0 aliphatic rings. The SMILES string of the molecule is COc1ccccc1NC(=O)C(C#N)=c1sc(=Cc2ccc(-c3ccc(Br)cc3)o2)c(=O)n1-c1ccccc1. The zero-order chi connectivity index (χ0) is 27.4. The van der Waals surface area contributed by atoms with Crippen molar-refractivity contribution in [3.8, 4) is 28.8 Å². The molecule has 0 fully saturated rings. The lowest BCUT2D eigenvalue weighted by Crippen LogP contribution is -2.32. The van der Waals surface area contributed by atoms with Crippen molar-refractivity contribution < 1.29 is 13.9 Å². The van der Waals surface area contributed by atoms with E-state index in [4.69, 9.17) is 9.15 Å². The number of nitriles is 1. The first-order valence-electron chi connectivity index (χ1n) is 11.7. The van der Waals surface area contributed by atoms with Crippen molar-refractivity contribution in [1.29, 1.82) is 5.26 Å². The number of anilines is 1. The van der Waals surface area contributed by atoms with E-state index in [2.05, 4.69) is 21.2 Å². The summed E-state index contributed by atoms with van der Waals surface area (Å²) in [6, 6.07) is 29.0. The summed E-state index contributed by atoms with van der Waals surface area (Å²) in [6.45, 7) is 0. The molecule has 39 heavy (non-hydrogen) atoms. The number of benzene rings is 3. The predicted molar refractivity (Wildman–Crippen MR) is 155 cm³/mol. The minimum atomic E-state index is -0.657. The normalized spacial score (nSPS) is 12.1. The van der Waals surface area contributed by atoms with E-state index in [-0.39, 0.29) is 15.8 Å². The molecule has 9 heteroatoms. The molecule has 0 saturated carbocycles. The molecule has 0 bridgehead atoms. The number of thiazole rings is 1. The Hall–Kier alpha value is -4.65. The highest BCUT2D eigenvalue weighted by atomic mass is 79.9. The van der Waals surface area contributed by atoms with Crippen molar-refractivity contribution in [2.75, 3.05) is 12.4 Å². The fourth-order valence-corrected chi connectivity index (χ4v) is 5.27. The zero-order valence-electron chi connectivity index (χ0n) is 20.6. The molecule has 2 aromatic heterocycles. The Kier molecular flexibility index (Phi) is 7.59. The van der Waals surface area contributed by atoms with Crippen LogP contribution in [0.25, 0.3) is 28.7 Å². The number of rotatable bonds is 6. The first-order valence-corrected chi connectivity index (χ1v) is 13.3. The molecule has 0 aliphatic heterocycles. The number of aromatic nitrogens is 1. The van der Waals surface area contributed by atoms with E-state index < -0.39 is 5.91 Å². The molecule has 2 heterocycles. The van der Waals surface area contributed by atoms with Gasteiger partial charge in [-0.25, -0.2) is 0 Å². The fraction of sp³-hybridized carbons (Fsp3) is 0.0333. The molecule has 0 saturated heterocycles. The second kappa shape index (κ2) is 11.4. The molecule has 5 aromatic rings. The predicted octanol–water partition coefficient (Wildman–Crippen LogP) is 5.07. The van der Waals surface area contributed by atoms with Crippen LogP contribution in [0, 0.1) is 11.3 Å². The number of nitrogens with one attached hydrogen (secondary N) is 1. The van der Waals surface area contributed by atoms with Gasteiger partial charge >= 0.3 is 0 Å². The Bertz CT molecular complexity index is 1880. The number of carbonyl (C=O) groups is 1. The standard InChI is InChI=1S/C30H20BrN3O4S/c1-37-26-10-6-5-9-24(26)33-28(35)23(18-32)30-34(21-7-3-2-4-8-21)29(36)27(39-30)17-22-15-16-25(38-22)19-11-13-20(31)14-12-19/h2-17H,1H3,(H,33,35). The van der Waals surface area contributed by atoms with Gasteiger partial charge in [0.25, 0.3) is 11.5 Å². The van der Waals surface area contributed by atoms with Crippen LogP contribution in [0.2, 0.25) is 0 Å². The number of furan rings is 1. The fourth-order valence-electron chi connectivity index (χ4n) is 3.92. The molecule has 0 spiro atoms. The quantitative estimate of drug-likeness (QED) is 0.295. The molecule has 1 N–H and O–H groups in total. The highest BCUT2D eigenvalue weighted by Crippen LogP contribution is 2.25. The molecule has 0 aliphatic carbocycles. The summed E-state index contributed by atoms with van der Waals surface area (Å²) in [5.41, 5.74) is 1.24. The number of hydrogen-bond donors (Lipinski definition) is 1. The third-order valence-corrected chi connectivity index (χ3v) is 7.40. The molecule has 5 rings (SSSR count). The molecule has 192 valence electrons. The summed E-state index contributed by atoms with van der Waals surface area (Å²) in [5.74, 6) is 0.905. The van der Waals surface area contributed by atoms with Gasteiger partial charge in [0.15, 0.2) is 5.57 Å². The molecule has 1 amide bonds. The second-order valence-corrected chi connectivity index (χ2v) is 10.2. The van der Waals surface area contributed by atoms with Crippen molar-refractivity contribution >= 4 is 50.5 Å². The Morgan fingerprint density at radius 1 is 1.03 bits per heavy atom. The molecular formula is C30H20BrN3O4S. The summed E-state index contributed by atoms with van der Waals surface area (Å²) in [5, 5.41) is 12.8. The number of amides is 1. The lowest BCUT2D eigenvalue weighted by atomic mass is 10.2. The van der Waals surface area contributed by atoms with Gasteiger partial charge in [0, 0.05) is 16.1 Å². The number of carbonyl (C=O) groups excluding carboxylic acids is 1. The summed E-state index contributed by atoms with van der Waals surface area (Å²) >= 11 is 4.47. The Morgan fingerprint density at radius 2 is 1.74 bits per heavy atom. The first-order chi connectivity index (χ1) is 19.0. The minimum absolute atomic E-state index is 0.201. The molecule has 3 aromatic carbocycles. The van der Waals surface area contributed by atoms with Crippen LogP contribution >= 0.6 is 27.3 Å². The van der Waals surface area contributed by atoms with Gasteiger partial charge in [0.2, 0.25) is 0 Å². The smallest absolute Gasteiger partial charge is 0.273 e. The summed E-state index contributed by atoms with van der Waals surface area (Å²) in [4.78, 5) is 26.9. The Balaban J connectivity index is 1.65.